The molecule has 4 N–H and O–H groups in total. The molecule has 0 aliphatic carbocycles. The maximum Gasteiger partial charge on any atom is 0.220 e. The number of halogens is 1. The Morgan fingerprint density at radius 2 is 1.97 bits per heavy atom. The molecule has 0 bridgehead atoms. The molecule has 1 saturated heterocycles. The average Bonchev–Trinajstić information content (AvgIpc) is 2.72. The summed E-state index contributed by atoms with van der Waals surface area (Å²) < 4.78 is 5.86. The quantitative estimate of drug-likeness (QED) is 0.305. The van der Waals surface area contributed by atoms with Crippen LogP contribution in [0.25, 0.3) is 0 Å². The lowest BCUT2D eigenvalue weighted by molar-refractivity contribution is -0.123. The first-order valence-corrected chi connectivity index (χ1v) is 10.7. The zero-order valence-electron chi connectivity index (χ0n) is 17.5. The van der Waals surface area contributed by atoms with Crippen LogP contribution in [0.3, 0.4) is 0 Å². The summed E-state index contributed by atoms with van der Waals surface area (Å²) in [6.07, 6.45) is 3.95. The van der Waals surface area contributed by atoms with Gasteiger partial charge in [0.2, 0.25) is 5.91 Å². The van der Waals surface area contributed by atoms with Crippen LogP contribution in [0.2, 0.25) is 5.02 Å². The lowest BCUT2D eigenvalue weighted by Gasteiger charge is -2.30. The molecule has 1 atom stereocenters. The second-order valence-corrected chi connectivity index (χ2v) is 7.92. The van der Waals surface area contributed by atoms with Crippen LogP contribution < -0.4 is 21.1 Å². The molecule has 29 heavy (non-hydrogen) atoms. The number of ether oxygens (including phenoxy) is 1. The molecule has 7 nitrogen and oxygen atoms in total. The molecule has 162 valence electrons. The molecule has 1 aliphatic heterocycles. The van der Waals surface area contributed by atoms with Gasteiger partial charge in [-0.25, -0.2) is 0 Å². The molecule has 2 rings (SSSR count). The zero-order valence-corrected chi connectivity index (χ0v) is 18.3. The highest BCUT2D eigenvalue weighted by molar-refractivity contribution is 6.30. The van der Waals surface area contributed by atoms with Crippen LogP contribution in [-0.2, 0) is 4.79 Å². The van der Waals surface area contributed by atoms with Crippen LogP contribution in [-0.4, -0.2) is 62.6 Å². The number of aliphatic imine (C=N–C) groups is 1. The first-order valence-electron chi connectivity index (χ1n) is 10.4. The molecule has 0 radical (unpaired) electrons. The summed E-state index contributed by atoms with van der Waals surface area (Å²) in [4.78, 5) is 17.9. The van der Waals surface area contributed by atoms with Crippen LogP contribution in [0.5, 0.6) is 5.75 Å². The maximum absolute atomic E-state index is 11.2. The van der Waals surface area contributed by atoms with Gasteiger partial charge in [-0.2, -0.15) is 0 Å². The minimum Gasteiger partial charge on any atom is -0.489 e. The lowest BCUT2D eigenvalue weighted by Crippen LogP contribution is -2.42. The largest absolute Gasteiger partial charge is 0.489 e. The van der Waals surface area contributed by atoms with Gasteiger partial charge >= 0.3 is 0 Å². The van der Waals surface area contributed by atoms with Crippen LogP contribution in [0, 0.1) is 5.92 Å². The number of primary amides is 1. The number of nitrogens with two attached hydrogens (primary N) is 1. The van der Waals surface area contributed by atoms with Gasteiger partial charge < -0.3 is 26.0 Å². The number of carbonyl (C=O) groups excluding carboxylic acids is 1. The topological polar surface area (TPSA) is 92.0 Å². The number of unbranched alkanes of at least 4 members (excludes halogenated alkanes) is 1. The number of hydrogen-bond acceptors (Lipinski definition) is 4. The zero-order chi connectivity index (χ0) is 21.1. The van der Waals surface area contributed by atoms with E-state index in [9.17, 15) is 4.79 Å². The fourth-order valence-electron chi connectivity index (χ4n) is 3.36. The van der Waals surface area contributed by atoms with E-state index in [2.05, 4.69) is 20.5 Å². The Labute approximate surface area is 179 Å². The van der Waals surface area contributed by atoms with Crippen molar-refractivity contribution in [1.82, 2.24) is 15.5 Å². The molecule has 1 aromatic rings. The predicted octanol–water partition coefficient (Wildman–Crippen LogP) is 2.25. The summed E-state index contributed by atoms with van der Waals surface area (Å²) in [7, 11) is 1.77. The van der Waals surface area contributed by atoms with E-state index in [0.717, 1.165) is 63.6 Å². The van der Waals surface area contributed by atoms with Crippen LogP contribution in [0.15, 0.2) is 29.3 Å². The highest BCUT2D eigenvalue weighted by atomic mass is 35.5. The Kier molecular flexibility index (Phi) is 10.1. The van der Waals surface area contributed by atoms with Crippen molar-refractivity contribution in [2.24, 2.45) is 16.6 Å². The van der Waals surface area contributed by atoms with Crippen molar-refractivity contribution in [2.45, 2.75) is 38.7 Å². The number of amides is 1. The van der Waals surface area contributed by atoms with Crippen molar-refractivity contribution in [3.8, 4) is 5.75 Å². The number of rotatable bonds is 10. The van der Waals surface area contributed by atoms with Gasteiger partial charge in [-0.15, -0.1) is 0 Å². The number of carbonyl (C=O) groups is 1. The van der Waals surface area contributed by atoms with E-state index in [1.54, 1.807) is 7.05 Å². The van der Waals surface area contributed by atoms with Gasteiger partial charge in [0, 0.05) is 24.5 Å². The molecule has 1 amide bonds. The normalized spacial score (nSPS) is 17.0. The molecule has 8 heteroatoms. The van der Waals surface area contributed by atoms with Crippen LogP contribution >= 0.6 is 11.6 Å². The molecule has 1 aliphatic rings. The third-order valence-electron chi connectivity index (χ3n) is 5.11. The number of nitrogens with zero attached hydrogens (tertiary/aromatic N) is 2. The number of hydrogen-bond donors (Lipinski definition) is 3. The minimum absolute atomic E-state index is 0.00180. The van der Waals surface area contributed by atoms with Gasteiger partial charge in [-0.3, -0.25) is 9.79 Å². The van der Waals surface area contributed by atoms with E-state index in [0.29, 0.717) is 11.6 Å². The second-order valence-electron chi connectivity index (χ2n) is 7.49. The number of piperidine rings is 1. The number of guanidine groups is 1. The third kappa shape index (κ3) is 8.92. The SMILES string of the molecule is CN=C(NCCCCN1CCC(C(N)=O)CC1)NCC(C)Oc1ccc(Cl)cc1. The van der Waals surface area contributed by atoms with Crippen molar-refractivity contribution in [1.29, 1.82) is 0 Å². The fourth-order valence-corrected chi connectivity index (χ4v) is 3.48. The van der Waals surface area contributed by atoms with Gasteiger partial charge in [-0.1, -0.05) is 11.6 Å². The Hall–Kier alpha value is -1.99. The molecule has 0 aromatic heterocycles. The summed E-state index contributed by atoms with van der Waals surface area (Å²) in [6, 6.07) is 7.36. The highest BCUT2D eigenvalue weighted by Crippen LogP contribution is 2.17. The monoisotopic (exact) mass is 423 g/mol. The van der Waals surface area contributed by atoms with E-state index < -0.39 is 0 Å². The van der Waals surface area contributed by atoms with Crippen molar-refractivity contribution < 1.29 is 9.53 Å². The minimum atomic E-state index is -0.152. The second kappa shape index (κ2) is 12.5. The van der Waals surface area contributed by atoms with Crippen molar-refractivity contribution >= 4 is 23.5 Å². The van der Waals surface area contributed by atoms with E-state index in [4.69, 9.17) is 22.1 Å². The van der Waals surface area contributed by atoms with Crippen LogP contribution in [0.4, 0.5) is 0 Å². The molecule has 1 heterocycles. The summed E-state index contributed by atoms with van der Waals surface area (Å²) in [5.74, 6) is 1.49. The van der Waals surface area contributed by atoms with Gasteiger partial charge in [0.05, 0.1) is 6.54 Å². The molecule has 1 fully saturated rings. The Balaban J connectivity index is 1.54. The van der Waals surface area contributed by atoms with E-state index in [-0.39, 0.29) is 17.9 Å². The molecular formula is C21H34ClN5O2. The molecule has 1 unspecified atom stereocenters. The maximum atomic E-state index is 11.2. The van der Waals surface area contributed by atoms with Gasteiger partial charge in [0.25, 0.3) is 0 Å². The van der Waals surface area contributed by atoms with Crippen molar-refractivity contribution in [2.75, 3.05) is 39.8 Å². The molecule has 0 saturated carbocycles. The number of nitrogens with one attached hydrogen (secondary N) is 2. The third-order valence-corrected chi connectivity index (χ3v) is 5.37. The first-order chi connectivity index (χ1) is 14.0. The summed E-state index contributed by atoms with van der Waals surface area (Å²) in [5.41, 5.74) is 5.39. The standard InChI is InChI=1S/C21H34ClN5O2/c1-16(29-19-7-5-18(22)6-8-19)15-26-21(24-2)25-11-3-4-12-27-13-9-17(10-14-27)20(23)28/h5-8,16-17H,3-4,9-15H2,1-2H3,(H2,23,28)(H2,24,25,26). The fraction of sp³-hybridized carbons (Fsp3) is 0.619. The molecular weight excluding hydrogens is 390 g/mol. The summed E-state index contributed by atoms with van der Waals surface area (Å²) in [5, 5.41) is 7.33. The van der Waals surface area contributed by atoms with Crippen LogP contribution in [0.1, 0.15) is 32.6 Å². The predicted molar refractivity (Wildman–Crippen MR) is 118 cm³/mol. The van der Waals surface area contributed by atoms with Gasteiger partial charge in [0.15, 0.2) is 5.96 Å². The molecule has 1 aromatic carbocycles. The highest BCUT2D eigenvalue weighted by Gasteiger charge is 2.22. The van der Waals surface area contributed by atoms with E-state index in [1.807, 2.05) is 31.2 Å². The number of likely N-dealkylation sites (tertiary alicyclic amines) is 1. The average molecular weight is 424 g/mol. The summed E-state index contributed by atoms with van der Waals surface area (Å²) >= 11 is 5.89. The Morgan fingerprint density at radius 3 is 2.59 bits per heavy atom. The Morgan fingerprint density at radius 1 is 1.28 bits per heavy atom. The summed E-state index contributed by atoms with van der Waals surface area (Å²) in [6.45, 7) is 6.52. The van der Waals surface area contributed by atoms with Crippen molar-refractivity contribution in [3.63, 3.8) is 0 Å². The first kappa shape index (κ1) is 23.3. The van der Waals surface area contributed by atoms with Gasteiger partial charge in [-0.05, 0) is 76.5 Å². The van der Waals surface area contributed by atoms with E-state index >= 15 is 0 Å². The van der Waals surface area contributed by atoms with Crippen molar-refractivity contribution in [3.05, 3.63) is 29.3 Å². The van der Waals surface area contributed by atoms with E-state index in [1.165, 1.54) is 0 Å². The van der Waals surface area contributed by atoms with Gasteiger partial charge in [0.1, 0.15) is 11.9 Å². The smallest absolute Gasteiger partial charge is 0.220 e. The Bertz CT molecular complexity index is 645. The lowest BCUT2D eigenvalue weighted by atomic mass is 9.96. The molecule has 0 spiro atoms. The number of benzene rings is 1.